The Kier molecular flexibility index (Phi) is 3.39. The third kappa shape index (κ3) is 2.80. The Labute approximate surface area is 92.1 Å². The van der Waals surface area contributed by atoms with Crippen LogP contribution in [0.5, 0.6) is 0 Å². The summed E-state index contributed by atoms with van der Waals surface area (Å²) in [5.74, 6) is 0.608. The Hall–Kier alpha value is -0.860. The van der Waals surface area contributed by atoms with Crippen molar-refractivity contribution in [1.82, 2.24) is 4.90 Å². The van der Waals surface area contributed by atoms with Crippen LogP contribution in [0.4, 0.5) is 0 Å². The smallest absolute Gasteiger partial charge is 0.0180 e. The summed E-state index contributed by atoms with van der Waals surface area (Å²) >= 11 is 0. The lowest BCUT2D eigenvalue weighted by atomic mass is 10.0. The van der Waals surface area contributed by atoms with Crippen molar-refractivity contribution >= 4 is 0 Å². The van der Waals surface area contributed by atoms with Crippen molar-refractivity contribution in [3.63, 3.8) is 0 Å². The zero-order valence-corrected chi connectivity index (χ0v) is 9.39. The normalized spacial score (nSPS) is 24.3. The van der Waals surface area contributed by atoms with Crippen LogP contribution in [0.3, 0.4) is 0 Å². The molecular formula is C13H20N2. The highest BCUT2D eigenvalue weighted by Gasteiger charge is 2.20. The zero-order chi connectivity index (χ0) is 10.7. The molecule has 0 radical (unpaired) electrons. The molecule has 2 rings (SSSR count). The molecule has 2 atom stereocenters. The zero-order valence-electron chi connectivity index (χ0n) is 9.39. The van der Waals surface area contributed by atoms with Gasteiger partial charge in [0, 0.05) is 19.1 Å². The molecule has 82 valence electrons. The minimum absolute atomic E-state index is 0.396. The van der Waals surface area contributed by atoms with E-state index >= 15 is 0 Å². The molecular weight excluding hydrogens is 184 g/mol. The van der Waals surface area contributed by atoms with Gasteiger partial charge in [-0.2, -0.15) is 0 Å². The van der Waals surface area contributed by atoms with E-state index < -0.39 is 0 Å². The van der Waals surface area contributed by atoms with Crippen LogP contribution in [0.15, 0.2) is 30.3 Å². The average Bonchev–Trinajstić information content (AvgIpc) is 2.65. The van der Waals surface area contributed by atoms with E-state index in [0.717, 1.165) is 19.5 Å². The Bertz CT molecular complexity index is 297. The second kappa shape index (κ2) is 4.77. The van der Waals surface area contributed by atoms with Crippen LogP contribution >= 0.6 is 0 Å². The Morgan fingerprint density at radius 1 is 1.40 bits per heavy atom. The second-order valence-corrected chi connectivity index (χ2v) is 4.62. The summed E-state index contributed by atoms with van der Waals surface area (Å²) in [4.78, 5) is 2.47. The lowest BCUT2D eigenvalue weighted by Crippen LogP contribution is -2.29. The van der Waals surface area contributed by atoms with Crippen LogP contribution in [-0.2, 0) is 0 Å². The van der Waals surface area contributed by atoms with E-state index in [0.29, 0.717) is 12.0 Å². The molecule has 1 aliphatic rings. The molecule has 1 fully saturated rings. The molecule has 0 unspecified atom stereocenters. The monoisotopic (exact) mass is 204 g/mol. The molecule has 2 N–H and O–H groups in total. The molecule has 0 amide bonds. The highest BCUT2D eigenvalue weighted by molar-refractivity contribution is 5.19. The van der Waals surface area contributed by atoms with Crippen LogP contribution in [0, 0.1) is 0 Å². The predicted octanol–water partition coefficient (Wildman–Crippen LogP) is 1.82. The van der Waals surface area contributed by atoms with Gasteiger partial charge in [-0.3, -0.25) is 0 Å². The third-order valence-electron chi connectivity index (χ3n) is 3.21. The maximum Gasteiger partial charge on any atom is 0.0180 e. The SMILES string of the molecule is C[C@@H](CN1CC[C@H](N)C1)c1ccccc1. The lowest BCUT2D eigenvalue weighted by Gasteiger charge is -2.20. The van der Waals surface area contributed by atoms with Crippen LogP contribution < -0.4 is 5.73 Å². The molecule has 2 heteroatoms. The Morgan fingerprint density at radius 3 is 2.73 bits per heavy atom. The summed E-state index contributed by atoms with van der Waals surface area (Å²) in [7, 11) is 0. The van der Waals surface area contributed by atoms with Gasteiger partial charge >= 0.3 is 0 Å². The summed E-state index contributed by atoms with van der Waals surface area (Å²) in [5, 5.41) is 0. The van der Waals surface area contributed by atoms with Crippen molar-refractivity contribution in [2.45, 2.75) is 25.3 Å². The van der Waals surface area contributed by atoms with Gasteiger partial charge in [-0.05, 0) is 24.4 Å². The maximum atomic E-state index is 5.90. The number of likely N-dealkylation sites (tertiary alicyclic amines) is 1. The lowest BCUT2D eigenvalue weighted by molar-refractivity contribution is 0.317. The van der Waals surface area contributed by atoms with E-state index in [2.05, 4.69) is 42.2 Å². The topological polar surface area (TPSA) is 29.3 Å². The van der Waals surface area contributed by atoms with Crippen LogP contribution in [0.2, 0.25) is 0 Å². The fraction of sp³-hybridized carbons (Fsp3) is 0.538. The number of hydrogen-bond donors (Lipinski definition) is 1. The van der Waals surface area contributed by atoms with Crippen molar-refractivity contribution < 1.29 is 0 Å². The van der Waals surface area contributed by atoms with Gasteiger partial charge in [0.25, 0.3) is 0 Å². The molecule has 0 bridgehead atoms. The minimum atomic E-state index is 0.396. The molecule has 2 nitrogen and oxygen atoms in total. The van der Waals surface area contributed by atoms with Crippen LogP contribution in [-0.4, -0.2) is 30.6 Å². The molecule has 0 saturated carbocycles. The van der Waals surface area contributed by atoms with E-state index in [1.165, 1.54) is 12.1 Å². The van der Waals surface area contributed by atoms with Gasteiger partial charge in [-0.25, -0.2) is 0 Å². The first-order valence-corrected chi connectivity index (χ1v) is 5.78. The van der Waals surface area contributed by atoms with Gasteiger partial charge in [0.15, 0.2) is 0 Å². The van der Waals surface area contributed by atoms with Gasteiger partial charge < -0.3 is 10.6 Å². The summed E-state index contributed by atoms with van der Waals surface area (Å²) in [6, 6.07) is 11.1. The highest BCUT2D eigenvalue weighted by atomic mass is 15.2. The van der Waals surface area contributed by atoms with Crippen molar-refractivity contribution in [2.24, 2.45) is 5.73 Å². The largest absolute Gasteiger partial charge is 0.326 e. The maximum absolute atomic E-state index is 5.90. The number of benzene rings is 1. The first-order chi connectivity index (χ1) is 7.25. The van der Waals surface area contributed by atoms with Crippen molar-refractivity contribution in [3.8, 4) is 0 Å². The molecule has 1 aromatic rings. The van der Waals surface area contributed by atoms with E-state index in [1.807, 2.05) is 0 Å². The standard InChI is InChI=1S/C13H20N2/c1-11(12-5-3-2-4-6-12)9-15-8-7-13(14)10-15/h2-6,11,13H,7-10,14H2,1H3/t11-,13-/m0/s1. The number of nitrogens with zero attached hydrogens (tertiary/aromatic N) is 1. The third-order valence-corrected chi connectivity index (χ3v) is 3.21. The van der Waals surface area contributed by atoms with Crippen LogP contribution in [0.25, 0.3) is 0 Å². The average molecular weight is 204 g/mol. The quantitative estimate of drug-likeness (QED) is 0.814. The number of nitrogens with two attached hydrogens (primary N) is 1. The van der Waals surface area contributed by atoms with Gasteiger partial charge in [0.1, 0.15) is 0 Å². The van der Waals surface area contributed by atoms with Gasteiger partial charge in [0.05, 0.1) is 0 Å². The molecule has 1 saturated heterocycles. The van der Waals surface area contributed by atoms with E-state index in [1.54, 1.807) is 0 Å². The first-order valence-electron chi connectivity index (χ1n) is 5.78. The fourth-order valence-corrected chi connectivity index (χ4v) is 2.30. The first kappa shape index (κ1) is 10.7. The molecule has 0 aliphatic carbocycles. The van der Waals surface area contributed by atoms with Gasteiger partial charge in [-0.15, -0.1) is 0 Å². The van der Waals surface area contributed by atoms with E-state index in [-0.39, 0.29) is 0 Å². The molecule has 0 spiro atoms. The Morgan fingerprint density at radius 2 is 2.13 bits per heavy atom. The predicted molar refractivity (Wildman–Crippen MR) is 63.9 cm³/mol. The molecule has 1 aliphatic heterocycles. The molecule has 0 aromatic heterocycles. The number of hydrogen-bond acceptors (Lipinski definition) is 2. The summed E-state index contributed by atoms with van der Waals surface area (Å²) in [6.45, 7) is 5.66. The van der Waals surface area contributed by atoms with Crippen molar-refractivity contribution in [2.75, 3.05) is 19.6 Å². The van der Waals surface area contributed by atoms with E-state index in [4.69, 9.17) is 5.73 Å². The van der Waals surface area contributed by atoms with Crippen LogP contribution in [0.1, 0.15) is 24.8 Å². The van der Waals surface area contributed by atoms with Crippen molar-refractivity contribution in [1.29, 1.82) is 0 Å². The Balaban J connectivity index is 1.90. The molecule has 15 heavy (non-hydrogen) atoms. The van der Waals surface area contributed by atoms with E-state index in [9.17, 15) is 0 Å². The summed E-state index contributed by atoms with van der Waals surface area (Å²) in [5.41, 5.74) is 7.33. The van der Waals surface area contributed by atoms with Gasteiger partial charge in [0.2, 0.25) is 0 Å². The molecule has 1 heterocycles. The number of rotatable bonds is 3. The molecule has 1 aromatic carbocycles. The second-order valence-electron chi connectivity index (χ2n) is 4.62. The summed E-state index contributed by atoms with van der Waals surface area (Å²) < 4.78 is 0. The van der Waals surface area contributed by atoms with Crippen molar-refractivity contribution in [3.05, 3.63) is 35.9 Å². The highest BCUT2D eigenvalue weighted by Crippen LogP contribution is 2.18. The minimum Gasteiger partial charge on any atom is -0.326 e. The van der Waals surface area contributed by atoms with Gasteiger partial charge in [-0.1, -0.05) is 37.3 Å². The summed E-state index contributed by atoms with van der Waals surface area (Å²) in [6.07, 6.45) is 1.15. The fourth-order valence-electron chi connectivity index (χ4n) is 2.30.